The van der Waals surface area contributed by atoms with Crippen LogP contribution in [0.2, 0.25) is 0 Å². The van der Waals surface area contributed by atoms with E-state index in [9.17, 15) is 13.2 Å². The first kappa shape index (κ1) is 11.6. The van der Waals surface area contributed by atoms with Gasteiger partial charge in [0, 0.05) is 6.54 Å². The van der Waals surface area contributed by atoms with Gasteiger partial charge in [-0.3, -0.25) is 0 Å². The first-order valence-electron chi connectivity index (χ1n) is 4.77. The first-order chi connectivity index (χ1) is 8.02. The monoisotopic (exact) mass is 242 g/mol. The minimum absolute atomic E-state index is 0.0568. The summed E-state index contributed by atoms with van der Waals surface area (Å²) in [6, 6.07) is 3.88. The summed E-state index contributed by atoms with van der Waals surface area (Å²) in [6.45, 7) is -0.160. The van der Waals surface area contributed by atoms with E-state index < -0.39 is 11.7 Å². The van der Waals surface area contributed by atoms with Gasteiger partial charge in [0.15, 0.2) is 0 Å². The van der Waals surface area contributed by atoms with Gasteiger partial charge in [0.25, 0.3) is 0 Å². The Morgan fingerprint density at radius 2 is 2.06 bits per heavy atom. The van der Waals surface area contributed by atoms with Crippen LogP contribution in [0.4, 0.5) is 13.2 Å². The maximum absolute atomic E-state index is 12.8. The third-order valence-electron chi connectivity index (χ3n) is 2.30. The fourth-order valence-corrected chi connectivity index (χ4v) is 1.49. The standard InChI is InChI=1S/C10H9F3N4/c11-10(12,13)9-3-8(2-1-7(9)4-14)17-6-15-5-16-17/h1-3,5-6H,4,14H2. The Kier molecular flexibility index (Phi) is 2.84. The number of halogens is 3. The minimum Gasteiger partial charge on any atom is -0.326 e. The molecule has 2 rings (SSSR count). The third kappa shape index (κ3) is 2.28. The number of benzene rings is 1. The number of alkyl halides is 3. The molecule has 0 saturated heterocycles. The molecule has 0 saturated carbocycles. The lowest BCUT2D eigenvalue weighted by atomic mass is 10.1. The van der Waals surface area contributed by atoms with Crippen molar-refractivity contribution in [3.05, 3.63) is 42.0 Å². The van der Waals surface area contributed by atoms with Crippen molar-refractivity contribution in [3.8, 4) is 5.69 Å². The number of nitrogens with zero attached hydrogens (tertiary/aromatic N) is 3. The molecule has 0 fully saturated rings. The summed E-state index contributed by atoms with van der Waals surface area (Å²) in [5.41, 5.74) is 4.89. The quantitative estimate of drug-likeness (QED) is 0.872. The number of rotatable bonds is 2. The molecule has 0 radical (unpaired) electrons. The van der Waals surface area contributed by atoms with E-state index in [0.29, 0.717) is 5.69 Å². The lowest BCUT2D eigenvalue weighted by molar-refractivity contribution is -0.138. The molecular formula is C10H9F3N4. The van der Waals surface area contributed by atoms with Gasteiger partial charge in [-0.2, -0.15) is 18.3 Å². The molecule has 90 valence electrons. The first-order valence-corrected chi connectivity index (χ1v) is 4.77. The highest BCUT2D eigenvalue weighted by Gasteiger charge is 2.33. The lowest BCUT2D eigenvalue weighted by Gasteiger charge is -2.13. The summed E-state index contributed by atoms with van der Waals surface area (Å²) < 4.78 is 39.5. The fraction of sp³-hybridized carbons (Fsp3) is 0.200. The highest BCUT2D eigenvalue weighted by Crippen LogP contribution is 2.33. The summed E-state index contributed by atoms with van der Waals surface area (Å²) in [5.74, 6) is 0. The molecule has 4 nitrogen and oxygen atoms in total. The molecule has 0 bridgehead atoms. The predicted octanol–water partition coefficient (Wildman–Crippen LogP) is 1.74. The third-order valence-corrected chi connectivity index (χ3v) is 2.30. The Morgan fingerprint density at radius 1 is 1.29 bits per heavy atom. The number of hydrogen-bond acceptors (Lipinski definition) is 3. The summed E-state index contributed by atoms with van der Waals surface area (Å²) in [4.78, 5) is 3.68. The van der Waals surface area contributed by atoms with Crippen LogP contribution in [-0.2, 0) is 12.7 Å². The highest BCUT2D eigenvalue weighted by atomic mass is 19.4. The second-order valence-corrected chi connectivity index (χ2v) is 3.38. The van der Waals surface area contributed by atoms with Gasteiger partial charge in [0.05, 0.1) is 11.3 Å². The number of aromatic nitrogens is 3. The predicted molar refractivity (Wildman–Crippen MR) is 54.3 cm³/mol. The van der Waals surface area contributed by atoms with Gasteiger partial charge in [0.1, 0.15) is 12.7 Å². The number of hydrogen-bond donors (Lipinski definition) is 1. The molecule has 2 N–H and O–H groups in total. The second kappa shape index (κ2) is 4.17. The zero-order chi connectivity index (χ0) is 12.5. The van der Waals surface area contributed by atoms with Crippen LogP contribution in [0.25, 0.3) is 5.69 Å². The van der Waals surface area contributed by atoms with Gasteiger partial charge < -0.3 is 5.73 Å². The van der Waals surface area contributed by atoms with Crippen LogP contribution >= 0.6 is 0 Å². The molecule has 7 heteroatoms. The van der Waals surface area contributed by atoms with Crippen LogP contribution in [0.15, 0.2) is 30.9 Å². The zero-order valence-corrected chi connectivity index (χ0v) is 8.65. The fourth-order valence-electron chi connectivity index (χ4n) is 1.49. The molecule has 0 unspecified atom stereocenters. The molecule has 17 heavy (non-hydrogen) atoms. The topological polar surface area (TPSA) is 56.7 Å². The van der Waals surface area contributed by atoms with Gasteiger partial charge >= 0.3 is 6.18 Å². The molecule has 0 aliphatic rings. The summed E-state index contributed by atoms with van der Waals surface area (Å²) in [7, 11) is 0. The van der Waals surface area contributed by atoms with Crippen LogP contribution in [0.3, 0.4) is 0 Å². The van der Waals surface area contributed by atoms with Gasteiger partial charge in [-0.25, -0.2) is 9.67 Å². The minimum atomic E-state index is -4.43. The summed E-state index contributed by atoms with van der Waals surface area (Å²) >= 11 is 0. The van der Waals surface area contributed by atoms with Gasteiger partial charge in [-0.15, -0.1) is 0 Å². The Balaban J connectivity index is 2.53. The molecular weight excluding hydrogens is 233 g/mol. The maximum Gasteiger partial charge on any atom is 0.416 e. The van der Waals surface area contributed by atoms with Gasteiger partial charge in [-0.1, -0.05) is 6.07 Å². The molecule has 0 aliphatic carbocycles. The largest absolute Gasteiger partial charge is 0.416 e. The van der Waals surface area contributed by atoms with E-state index in [1.807, 2.05) is 0 Å². The smallest absolute Gasteiger partial charge is 0.326 e. The van der Waals surface area contributed by atoms with Gasteiger partial charge in [0.2, 0.25) is 0 Å². The van der Waals surface area contributed by atoms with Crippen LogP contribution in [-0.4, -0.2) is 14.8 Å². The molecule has 1 heterocycles. The Hall–Kier alpha value is -1.89. The van der Waals surface area contributed by atoms with Gasteiger partial charge in [-0.05, 0) is 17.7 Å². The molecule has 0 atom stereocenters. The molecule has 0 spiro atoms. The molecule has 1 aromatic heterocycles. The average Bonchev–Trinajstić information content (AvgIpc) is 2.80. The normalized spacial score (nSPS) is 11.8. The van der Waals surface area contributed by atoms with Crippen molar-refractivity contribution >= 4 is 0 Å². The van der Waals surface area contributed by atoms with Crippen LogP contribution in [0.5, 0.6) is 0 Å². The zero-order valence-electron chi connectivity index (χ0n) is 8.65. The van der Waals surface area contributed by atoms with Crippen molar-refractivity contribution in [1.82, 2.24) is 14.8 Å². The maximum atomic E-state index is 12.8. The van der Waals surface area contributed by atoms with E-state index in [4.69, 9.17) is 5.73 Å². The lowest BCUT2D eigenvalue weighted by Crippen LogP contribution is -2.13. The summed E-state index contributed by atoms with van der Waals surface area (Å²) in [5, 5.41) is 3.77. The highest BCUT2D eigenvalue weighted by molar-refractivity contribution is 5.41. The summed E-state index contributed by atoms with van der Waals surface area (Å²) in [6.07, 6.45) is -1.84. The SMILES string of the molecule is NCc1ccc(-n2cncn2)cc1C(F)(F)F. The molecule has 2 aromatic rings. The van der Waals surface area contributed by atoms with E-state index in [0.717, 1.165) is 6.07 Å². The van der Waals surface area contributed by atoms with Crippen LogP contribution in [0.1, 0.15) is 11.1 Å². The Morgan fingerprint density at radius 3 is 2.59 bits per heavy atom. The number of nitrogens with two attached hydrogens (primary N) is 1. The van der Waals surface area contributed by atoms with E-state index in [1.54, 1.807) is 0 Å². The Bertz CT molecular complexity index is 505. The average molecular weight is 242 g/mol. The van der Waals surface area contributed by atoms with Crippen molar-refractivity contribution in [1.29, 1.82) is 0 Å². The van der Waals surface area contributed by atoms with Crippen molar-refractivity contribution in [2.75, 3.05) is 0 Å². The molecule has 0 amide bonds. The molecule has 0 aliphatic heterocycles. The Labute approximate surface area is 94.9 Å². The second-order valence-electron chi connectivity index (χ2n) is 3.38. The van der Waals surface area contributed by atoms with E-state index in [2.05, 4.69) is 10.1 Å². The van der Waals surface area contributed by atoms with Crippen LogP contribution in [0, 0.1) is 0 Å². The molecule has 1 aromatic carbocycles. The van der Waals surface area contributed by atoms with Crippen LogP contribution < -0.4 is 5.73 Å². The van der Waals surface area contributed by atoms with Crippen molar-refractivity contribution in [2.24, 2.45) is 5.73 Å². The van der Waals surface area contributed by atoms with Crippen molar-refractivity contribution in [2.45, 2.75) is 12.7 Å². The van der Waals surface area contributed by atoms with E-state index >= 15 is 0 Å². The van der Waals surface area contributed by atoms with E-state index in [-0.39, 0.29) is 12.1 Å². The van der Waals surface area contributed by atoms with Crippen molar-refractivity contribution < 1.29 is 13.2 Å². The van der Waals surface area contributed by atoms with Crippen molar-refractivity contribution in [3.63, 3.8) is 0 Å². The van der Waals surface area contributed by atoms with E-state index in [1.165, 1.54) is 29.5 Å².